The van der Waals surface area contributed by atoms with Crippen molar-refractivity contribution in [3.05, 3.63) is 35.9 Å². The van der Waals surface area contributed by atoms with E-state index in [1.165, 1.54) is 37.4 Å². The van der Waals surface area contributed by atoms with Gasteiger partial charge in [-0.05, 0) is 23.8 Å². The quantitative estimate of drug-likeness (QED) is 0.599. The molecule has 1 aliphatic rings. The maximum atomic E-state index is 8.96. The molecule has 0 bridgehead atoms. The molecule has 0 unspecified atom stereocenters. The van der Waals surface area contributed by atoms with Crippen LogP contribution < -0.4 is 14.7 Å². The molecule has 116 valence electrons. The largest absolute Gasteiger partial charge is 0.391 e. The molecule has 0 aromatic heterocycles. The van der Waals surface area contributed by atoms with Crippen LogP contribution in [-0.4, -0.2) is 65.1 Å². The molecule has 21 heavy (non-hydrogen) atoms. The first-order valence-electron chi connectivity index (χ1n) is 7.91. The summed E-state index contributed by atoms with van der Waals surface area (Å²) in [7, 11) is 4.12. The molecule has 0 saturated carbocycles. The SMILES string of the molecule is CN(C)c1ccc(/C=C/C[NH+]2CC[NH+](CCO)CC2)cc1. The first-order chi connectivity index (χ1) is 10.2. The molecule has 0 aliphatic carbocycles. The minimum Gasteiger partial charge on any atom is -0.391 e. The van der Waals surface area contributed by atoms with Gasteiger partial charge in [-0.1, -0.05) is 18.2 Å². The highest BCUT2D eigenvalue weighted by Crippen LogP contribution is 2.12. The molecule has 2 rings (SSSR count). The normalized spacial score (nSPS) is 22.6. The van der Waals surface area contributed by atoms with E-state index in [4.69, 9.17) is 5.11 Å². The van der Waals surface area contributed by atoms with Crippen LogP contribution in [0.3, 0.4) is 0 Å². The first kappa shape index (κ1) is 16.0. The second kappa shape index (κ2) is 8.17. The molecule has 1 heterocycles. The Morgan fingerprint density at radius 3 is 2.24 bits per heavy atom. The van der Waals surface area contributed by atoms with Crippen molar-refractivity contribution in [1.29, 1.82) is 0 Å². The monoisotopic (exact) mass is 291 g/mol. The van der Waals surface area contributed by atoms with Crippen molar-refractivity contribution in [2.75, 3.05) is 64.9 Å². The Labute approximate surface area is 128 Å². The van der Waals surface area contributed by atoms with Crippen LogP contribution >= 0.6 is 0 Å². The maximum absolute atomic E-state index is 8.96. The van der Waals surface area contributed by atoms with E-state index in [1.54, 1.807) is 9.80 Å². The van der Waals surface area contributed by atoms with Gasteiger partial charge in [0.05, 0.1) is 13.2 Å². The highest BCUT2D eigenvalue weighted by atomic mass is 16.3. The Bertz CT molecular complexity index is 434. The van der Waals surface area contributed by atoms with E-state index in [9.17, 15) is 0 Å². The fourth-order valence-electron chi connectivity index (χ4n) is 2.81. The lowest BCUT2D eigenvalue weighted by molar-refractivity contribution is -1.01. The van der Waals surface area contributed by atoms with Gasteiger partial charge in [0, 0.05) is 19.8 Å². The van der Waals surface area contributed by atoms with Gasteiger partial charge < -0.3 is 19.8 Å². The summed E-state index contributed by atoms with van der Waals surface area (Å²) in [5.74, 6) is 0. The summed E-state index contributed by atoms with van der Waals surface area (Å²) in [5.41, 5.74) is 2.50. The molecule has 1 aromatic carbocycles. The third kappa shape index (κ3) is 5.16. The average Bonchev–Trinajstić information content (AvgIpc) is 2.50. The highest BCUT2D eigenvalue weighted by Gasteiger charge is 2.20. The molecule has 4 heteroatoms. The van der Waals surface area contributed by atoms with Crippen LogP contribution in [0, 0.1) is 0 Å². The van der Waals surface area contributed by atoms with Gasteiger partial charge in [0.15, 0.2) is 0 Å². The lowest BCUT2D eigenvalue weighted by Gasteiger charge is -2.28. The molecule has 0 atom stereocenters. The number of piperazine rings is 1. The zero-order valence-electron chi connectivity index (χ0n) is 13.3. The Morgan fingerprint density at radius 2 is 1.67 bits per heavy atom. The van der Waals surface area contributed by atoms with Crippen LogP contribution in [0.5, 0.6) is 0 Å². The predicted molar refractivity (Wildman–Crippen MR) is 88.0 cm³/mol. The Hall–Kier alpha value is -1.36. The van der Waals surface area contributed by atoms with Gasteiger partial charge in [-0.3, -0.25) is 0 Å². The number of nitrogens with one attached hydrogen (secondary N) is 2. The molecule has 4 nitrogen and oxygen atoms in total. The minimum atomic E-state index is 0.313. The van der Waals surface area contributed by atoms with Gasteiger partial charge in [-0.15, -0.1) is 0 Å². The van der Waals surface area contributed by atoms with Crippen LogP contribution in [0.25, 0.3) is 6.08 Å². The third-order valence-corrected chi connectivity index (χ3v) is 4.26. The van der Waals surface area contributed by atoms with Crippen LogP contribution in [0.15, 0.2) is 30.3 Å². The number of aliphatic hydroxyl groups excluding tert-OH is 1. The molecule has 1 aliphatic heterocycles. The summed E-state index contributed by atoms with van der Waals surface area (Å²) >= 11 is 0. The van der Waals surface area contributed by atoms with Crippen molar-refractivity contribution < 1.29 is 14.9 Å². The summed E-state index contributed by atoms with van der Waals surface area (Å²) in [6, 6.07) is 8.65. The van der Waals surface area contributed by atoms with Gasteiger partial charge in [-0.25, -0.2) is 0 Å². The van der Waals surface area contributed by atoms with E-state index in [0.717, 1.165) is 13.1 Å². The van der Waals surface area contributed by atoms with Crippen molar-refractivity contribution in [2.45, 2.75) is 0 Å². The van der Waals surface area contributed by atoms with Crippen LogP contribution in [-0.2, 0) is 0 Å². The summed E-state index contributed by atoms with van der Waals surface area (Å²) < 4.78 is 0. The van der Waals surface area contributed by atoms with Gasteiger partial charge in [0.25, 0.3) is 0 Å². The van der Waals surface area contributed by atoms with Crippen LogP contribution in [0.2, 0.25) is 0 Å². The van der Waals surface area contributed by atoms with E-state index in [2.05, 4.69) is 55.4 Å². The Kier molecular flexibility index (Phi) is 6.23. The molecule has 1 aromatic rings. The maximum Gasteiger partial charge on any atom is 0.127 e. The number of hydrogen-bond acceptors (Lipinski definition) is 2. The van der Waals surface area contributed by atoms with E-state index in [0.29, 0.717) is 6.61 Å². The zero-order chi connectivity index (χ0) is 15.1. The number of aliphatic hydroxyl groups is 1. The molecule has 0 radical (unpaired) electrons. The van der Waals surface area contributed by atoms with Crippen molar-refractivity contribution in [2.24, 2.45) is 0 Å². The van der Waals surface area contributed by atoms with Crippen molar-refractivity contribution in [3.8, 4) is 0 Å². The Morgan fingerprint density at radius 1 is 1.05 bits per heavy atom. The molecular formula is C17H29N3O+2. The second-order valence-electron chi connectivity index (χ2n) is 6.07. The topological polar surface area (TPSA) is 32.4 Å². The fraction of sp³-hybridized carbons (Fsp3) is 0.529. The number of rotatable bonds is 6. The standard InChI is InChI=1S/C17H27N3O/c1-18(2)17-7-5-16(6-8-17)4-3-9-19-10-12-20(13-11-19)14-15-21/h3-8,21H,9-15H2,1-2H3/p+2/b4-3+. The molecule has 1 fully saturated rings. The number of benzene rings is 1. The second-order valence-corrected chi connectivity index (χ2v) is 6.07. The average molecular weight is 291 g/mol. The van der Waals surface area contributed by atoms with E-state index >= 15 is 0 Å². The first-order valence-corrected chi connectivity index (χ1v) is 7.91. The smallest absolute Gasteiger partial charge is 0.127 e. The van der Waals surface area contributed by atoms with Gasteiger partial charge in [0.2, 0.25) is 0 Å². The predicted octanol–water partition coefficient (Wildman–Crippen LogP) is -1.46. The molecule has 0 amide bonds. The van der Waals surface area contributed by atoms with Gasteiger partial charge in [-0.2, -0.15) is 0 Å². The van der Waals surface area contributed by atoms with E-state index in [-0.39, 0.29) is 0 Å². The lowest BCUT2D eigenvalue weighted by atomic mass is 10.2. The van der Waals surface area contributed by atoms with Crippen molar-refractivity contribution in [1.82, 2.24) is 0 Å². The summed E-state index contributed by atoms with van der Waals surface area (Å²) in [4.78, 5) is 5.31. The van der Waals surface area contributed by atoms with Crippen LogP contribution in [0.1, 0.15) is 5.56 Å². The van der Waals surface area contributed by atoms with Crippen molar-refractivity contribution in [3.63, 3.8) is 0 Å². The number of nitrogens with zero attached hydrogens (tertiary/aromatic N) is 1. The highest BCUT2D eigenvalue weighted by molar-refractivity contribution is 5.55. The number of anilines is 1. The van der Waals surface area contributed by atoms with Crippen molar-refractivity contribution >= 4 is 11.8 Å². The van der Waals surface area contributed by atoms with Crippen LogP contribution in [0.4, 0.5) is 5.69 Å². The number of hydrogen-bond donors (Lipinski definition) is 3. The number of quaternary nitrogens is 2. The van der Waals surface area contributed by atoms with E-state index < -0.39 is 0 Å². The molecule has 1 saturated heterocycles. The van der Waals surface area contributed by atoms with Gasteiger partial charge in [0.1, 0.15) is 32.7 Å². The minimum absolute atomic E-state index is 0.313. The molecule has 0 spiro atoms. The zero-order valence-corrected chi connectivity index (χ0v) is 13.3. The summed E-state index contributed by atoms with van der Waals surface area (Å²) in [6.07, 6.45) is 4.51. The molecular weight excluding hydrogens is 262 g/mol. The summed E-state index contributed by atoms with van der Waals surface area (Å²) in [6.45, 7) is 7.09. The third-order valence-electron chi connectivity index (χ3n) is 4.26. The fourth-order valence-corrected chi connectivity index (χ4v) is 2.81. The Balaban J connectivity index is 1.75. The lowest BCUT2D eigenvalue weighted by Crippen LogP contribution is -3.28. The van der Waals surface area contributed by atoms with Gasteiger partial charge >= 0.3 is 0 Å². The van der Waals surface area contributed by atoms with E-state index in [1.807, 2.05) is 0 Å². The summed E-state index contributed by atoms with van der Waals surface area (Å²) in [5, 5.41) is 8.96. The molecule has 3 N–H and O–H groups in total.